The van der Waals surface area contributed by atoms with Crippen molar-refractivity contribution in [3.05, 3.63) is 29.8 Å². The first-order chi connectivity index (χ1) is 65.8. The van der Waals surface area contributed by atoms with Crippen LogP contribution in [0.25, 0.3) is 0 Å². The van der Waals surface area contributed by atoms with Gasteiger partial charge in [0.2, 0.25) is 76.8 Å². The topological polar surface area (TPSA) is 644 Å². The molecule has 3 fully saturated rings. The molecule has 0 bridgehead atoms. The molecule has 2 unspecified atom stereocenters. The highest BCUT2D eigenvalue weighted by Crippen LogP contribution is 2.31. The summed E-state index contributed by atoms with van der Waals surface area (Å²) in [6.45, 7) is 9.51. The normalized spacial score (nSPS) is 16.6. The predicted octanol–water partition coefficient (Wildman–Crippen LogP) is 4.21. The molecule has 0 spiro atoms. The summed E-state index contributed by atoms with van der Waals surface area (Å²) in [5.41, 5.74) is 28.0. The number of unbranched alkanes of at least 4 members (excludes halogenated alkanes) is 15. The molecule has 1 aromatic carbocycles. The summed E-state index contributed by atoms with van der Waals surface area (Å²) in [5, 5.41) is 59.9. The maximum atomic E-state index is 14.9. The van der Waals surface area contributed by atoms with Crippen LogP contribution in [0.1, 0.15) is 297 Å². The number of phenols is 1. The first kappa shape index (κ1) is 119. The molecule has 4 rings (SSSR count). The summed E-state index contributed by atoms with van der Waals surface area (Å²) in [7, 11) is 0. The third-order valence-electron chi connectivity index (χ3n) is 24.6. The van der Waals surface area contributed by atoms with Crippen LogP contribution < -0.4 is 87.2 Å². The molecule has 41 heteroatoms. The minimum absolute atomic E-state index is 0.0158. The number of guanidine groups is 2. The molecule has 9 atom stereocenters. The number of hydrogen-bond acceptors (Lipinski definition) is 22. The summed E-state index contributed by atoms with van der Waals surface area (Å²) < 4.78 is 22.3. The first-order valence-electron chi connectivity index (χ1n) is 50.2. The lowest BCUT2D eigenvalue weighted by atomic mass is 9.81. The van der Waals surface area contributed by atoms with Crippen molar-refractivity contribution in [1.29, 1.82) is 0 Å². The van der Waals surface area contributed by atoms with Crippen LogP contribution in [0, 0.1) is 23.7 Å². The fraction of sp³-hybridized carbons (Fsp3) is 0.760. The molecule has 0 radical (unpaired) electrons. The number of amides is 13. The Morgan fingerprint density at radius 2 is 0.883 bits per heavy atom. The molecule has 1 aliphatic heterocycles. The van der Waals surface area contributed by atoms with E-state index in [2.05, 4.69) is 75.4 Å². The molecule has 1 aromatic rings. The first-order valence-corrected chi connectivity index (χ1v) is 50.2. The molecule has 13 amide bonds. The van der Waals surface area contributed by atoms with E-state index < -0.39 is 145 Å². The van der Waals surface area contributed by atoms with Gasteiger partial charge in [0, 0.05) is 77.7 Å². The van der Waals surface area contributed by atoms with Gasteiger partial charge in [0.1, 0.15) is 73.3 Å². The van der Waals surface area contributed by atoms with E-state index in [1.54, 1.807) is 12.1 Å². The second-order valence-electron chi connectivity index (χ2n) is 36.9. The van der Waals surface area contributed by atoms with Crippen molar-refractivity contribution < 1.29 is 106 Å². The van der Waals surface area contributed by atoms with Gasteiger partial charge in [0.05, 0.1) is 32.8 Å². The van der Waals surface area contributed by atoms with Crippen molar-refractivity contribution in [3.63, 3.8) is 0 Å². The number of aromatic hydroxyl groups is 1. The Labute approximate surface area is 808 Å². The van der Waals surface area contributed by atoms with Crippen LogP contribution in [-0.4, -0.2) is 267 Å². The van der Waals surface area contributed by atoms with Gasteiger partial charge in [-0.3, -0.25) is 72.3 Å². The molecule has 41 nitrogen and oxygen atoms in total. The van der Waals surface area contributed by atoms with Crippen LogP contribution >= 0.6 is 0 Å². The SMILES string of the molecule is CCCCCCCCCCCCCCCCCC(=O)NCC1CCC(C(=O)N[C@@H](CCC(=O)NCCCOCCOCCOCCCNC(=O)COCC(=O)N[C@@H](Cc2ccc(O)cc2)C(=O)NC(CC2CCCCC2)C(=O)N[C@@H](CC(C)C)C(=O)NC(CCCC)C(=O)N[C@@H](CCCN=C(N)N)C(=O)N2CCC[C@H]2C(=O)N[C@@H](CCCN=C(N)N)C(=O)N[C@@H](CC(N)=O)C(=O)O)C(=O)O)CC1. The number of primary amides is 1. The Kier molecular flexibility index (Phi) is 61.5. The summed E-state index contributed by atoms with van der Waals surface area (Å²) in [6, 6.07) is -6.17. The van der Waals surface area contributed by atoms with Gasteiger partial charge < -0.3 is 126 Å². The lowest BCUT2D eigenvalue weighted by Gasteiger charge is -2.31. The summed E-state index contributed by atoms with van der Waals surface area (Å²) in [6.07, 6.45) is 28.2. The van der Waals surface area contributed by atoms with Gasteiger partial charge >= 0.3 is 11.9 Å². The molecule has 137 heavy (non-hydrogen) atoms. The van der Waals surface area contributed by atoms with Gasteiger partial charge in [-0.05, 0) is 145 Å². The van der Waals surface area contributed by atoms with Crippen LogP contribution in [-0.2, 0) is 97.3 Å². The highest BCUT2D eigenvalue weighted by atomic mass is 16.5. The molecule has 2 saturated carbocycles. The number of carbonyl (C=O) groups excluding carboxylic acids is 13. The lowest BCUT2D eigenvalue weighted by Crippen LogP contribution is -2.60. The molecule has 1 saturated heterocycles. The molecule has 776 valence electrons. The standard InChI is InChI=1S/C96H165N19O22/c1-5-7-9-10-11-12-13-14-15-16-17-18-19-20-24-36-81(118)106-62-68-37-41-69(42-38-68)85(122)111-74(93(130)131)45-46-82(119)102-49-28-52-134-54-56-136-57-55-135-53-29-50-103-83(120)63-137-64-84(121)107-76(60-67-39-43-70(116)44-40-67)89(126)113-77(59-66-30-22-21-23-31-66)90(127)112-75(58-65(3)4)88(125)108-71(32-8-6-2)86(123)110-73(34-26-48-105-96(100)101)92(129)115-51-27-35-79(115)91(128)109-72(33-25-47-104-95(98)99)87(124)114-78(94(132)133)61-80(97)117/h39-40,43-44,65-66,68-69,71-79,116H,5-38,41-42,45-64H2,1-4H3,(H2,97,117)(H,102,119)(H,103,120)(H,106,118)(H,107,121)(H,108,125)(H,109,128)(H,110,123)(H,111,122)(H,112,127)(H,113,126)(H,114,124)(H,130,131)(H,132,133)(H4,98,99,104)(H4,100,101,105)/t68?,69?,71?,72-,73-,74-,75-,76-,77?,78-,79-/m0/s1. The monoisotopic (exact) mass is 1940 g/mol. The summed E-state index contributed by atoms with van der Waals surface area (Å²) in [4.78, 5) is 212. The van der Waals surface area contributed by atoms with E-state index in [0.29, 0.717) is 76.6 Å². The largest absolute Gasteiger partial charge is 0.508 e. The quantitative estimate of drug-likeness (QED) is 0.0247. The smallest absolute Gasteiger partial charge is 0.326 e. The highest BCUT2D eigenvalue weighted by molar-refractivity contribution is 5.99. The zero-order valence-corrected chi connectivity index (χ0v) is 81.7. The fourth-order valence-corrected chi connectivity index (χ4v) is 16.9. The Morgan fingerprint density at radius 1 is 0.416 bits per heavy atom. The third kappa shape index (κ3) is 53.8. The van der Waals surface area contributed by atoms with Crippen molar-refractivity contribution in [2.45, 2.75) is 352 Å². The van der Waals surface area contributed by atoms with Gasteiger partial charge in [0.15, 0.2) is 11.9 Å². The minimum Gasteiger partial charge on any atom is -0.508 e. The minimum atomic E-state index is -1.74. The Bertz CT molecular complexity index is 3840. The van der Waals surface area contributed by atoms with Gasteiger partial charge in [-0.1, -0.05) is 175 Å². The number of nitrogens with zero attached hydrogens (tertiary/aromatic N) is 3. The average molecular weight is 1940 g/mol. The lowest BCUT2D eigenvalue weighted by molar-refractivity contribution is -0.144. The number of benzene rings is 1. The number of carboxylic acids is 2. The Balaban J connectivity index is 1.20. The summed E-state index contributed by atoms with van der Waals surface area (Å²) >= 11 is 0. The van der Waals surface area contributed by atoms with Gasteiger partial charge in [0.25, 0.3) is 0 Å². The number of carboxylic acid groups (broad SMARTS) is 2. The van der Waals surface area contributed by atoms with Crippen LogP contribution in [0.4, 0.5) is 0 Å². The van der Waals surface area contributed by atoms with E-state index >= 15 is 0 Å². The number of hydrogen-bond donors (Lipinski definition) is 19. The average Bonchev–Trinajstić information content (AvgIpc) is 1.32. The number of aliphatic carboxylic acids is 2. The summed E-state index contributed by atoms with van der Waals surface area (Å²) in [5.74, 6) is -12.1. The van der Waals surface area contributed by atoms with Crippen molar-refractivity contribution >= 4 is 101 Å². The van der Waals surface area contributed by atoms with Crippen molar-refractivity contribution in [2.24, 2.45) is 62.3 Å². The highest BCUT2D eigenvalue weighted by Gasteiger charge is 2.42. The zero-order chi connectivity index (χ0) is 100. The maximum Gasteiger partial charge on any atom is 0.326 e. The van der Waals surface area contributed by atoms with E-state index in [9.17, 15) is 87.2 Å². The molecular formula is C96H165N19O22. The number of rotatable bonds is 76. The van der Waals surface area contributed by atoms with Crippen molar-refractivity contribution in [1.82, 2.24) is 63.4 Å². The number of phenolic OH excluding ortho intramolecular Hbond substituents is 1. The van der Waals surface area contributed by atoms with Crippen LogP contribution in [0.5, 0.6) is 5.75 Å². The van der Waals surface area contributed by atoms with E-state index in [1.807, 2.05) is 20.8 Å². The second-order valence-corrected chi connectivity index (χ2v) is 36.9. The van der Waals surface area contributed by atoms with E-state index in [1.165, 1.54) is 94.1 Å². The maximum absolute atomic E-state index is 14.9. The number of carbonyl (C=O) groups is 15. The third-order valence-corrected chi connectivity index (χ3v) is 24.6. The van der Waals surface area contributed by atoms with Gasteiger partial charge in [-0.15, -0.1) is 0 Å². The number of likely N-dealkylation sites (tertiary alicyclic amines) is 1. The fourth-order valence-electron chi connectivity index (χ4n) is 16.9. The van der Waals surface area contributed by atoms with E-state index in [4.69, 9.17) is 47.6 Å². The number of aliphatic imine (C=N–C) groups is 2. The number of nitrogens with one attached hydrogen (secondary N) is 11. The van der Waals surface area contributed by atoms with E-state index in [-0.39, 0.29) is 189 Å². The Morgan fingerprint density at radius 3 is 1.44 bits per heavy atom. The number of ether oxygens (including phenoxy) is 4. The van der Waals surface area contributed by atoms with Crippen LogP contribution in [0.3, 0.4) is 0 Å². The van der Waals surface area contributed by atoms with Gasteiger partial charge in [-0.25, -0.2) is 9.59 Å². The number of nitrogens with two attached hydrogens (primary N) is 5. The van der Waals surface area contributed by atoms with Crippen LogP contribution in [0.2, 0.25) is 0 Å². The molecule has 1 heterocycles. The van der Waals surface area contributed by atoms with Crippen LogP contribution in [0.15, 0.2) is 34.3 Å². The van der Waals surface area contributed by atoms with E-state index in [0.717, 1.165) is 64.2 Å². The van der Waals surface area contributed by atoms with Gasteiger partial charge in [-0.2, -0.15) is 0 Å². The van der Waals surface area contributed by atoms with Crippen molar-refractivity contribution in [3.8, 4) is 5.75 Å². The molecule has 2 aliphatic carbocycles. The molecule has 24 N–H and O–H groups in total. The van der Waals surface area contributed by atoms with Crippen molar-refractivity contribution in [2.75, 3.05) is 92.1 Å². The predicted molar refractivity (Wildman–Crippen MR) is 517 cm³/mol. The Hall–Kier alpha value is -10.5. The molecule has 3 aliphatic rings. The molecular weight excluding hydrogens is 1770 g/mol. The second kappa shape index (κ2) is 71.0. The zero-order valence-electron chi connectivity index (χ0n) is 81.7. The molecule has 0 aromatic heterocycles.